The normalized spacial score (nSPS) is 21.3. The van der Waals surface area contributed by atoms with E-state index in [0.717, 1.165) is 12.0 Å². The predicted molar refractivity (Wildman–Crippen MR) is 123 cm³/mol. The lowest BCUT2D eigenvalue weighted by Crippen LogP contribution is -2.58. The minimum absolute atomic E-state index is 0.0838. The van der Waals surface area contributed by atoms with Gasteiger partial charge in [-0.05, 0) is 48.1 Å². The van der Waals surface area contributed by atoms with E-state index in [9.17, 15) is 23.2 Å². The summed E-state index contributed by atoms with van der Waals surface area (Å²) in [7, 11) is 0. The largest absolute Gasteiger partial charge is 0.494 e. The van der Waals surface area contributed by atoms with Crippen molar-refractivity contribution < 1.29 is 22.7 Å². The molecule has 178 valence electrons. The average molecular weight is 469 g/mol. The van der Waals surface area contributed by atoms with Crippen LogP contribution in [-0.4, -0.2) is 18.7 Å². The van der Waals surface area contributed by atoms with Crippen molar-refractivity contribution in [2.45, 2.75) is 57.2 Å². The highest BCUT2D eigenvalue weighted by atomic mass is 19.4. The van der Waals surface area contributed by atoms with Gasteiger partial charge in [-0.1, -0.05) is 67.6 Å². The Bertz CT molecular complexity index is 1110. The summed E-state index contributed by atoms with van der Waals surface area (Å²) in [5.41, 5.74) is -1.60. The molecule has 1 heterocycles. The number of ether oxygens (including phenoxy) is 1. The van der Waals surface area contributed by atoms with Crippen molar-refractivity contribution in [3.05, 3.63) is 70.8 Å². The number of halogens is 3. The second-order valence-electron chi connectivity index (χ2n) is 9.18. The highest BCUT2D eigenvalue weighted by Crippen LogP contribution is 2.48. The summed E-state index contributed by atoms with van der Waals surface area (Å²) in [6, 6.07) is 14.3. The van der Waals surface area contributed by atoms with Gasteiger partial charge in [0.25, 0.3) is 5.91 Å². The van der Waals surface area contributed by atoms with Crippen LogP contribution in [0.2, 0.25) is 0 Å². The van der Waals surface area contributed by atoms with Crippen LogP contribution in [0.4, 0.5) is 13.2 Å². The minimum atomic E-state index is -4.79. The standard InChI is InChI=1S/C27H27F3N2O2/c1-18-6-8-20(9-7-18)23-16-26(27(28,29)30,32-25(33)24(23)17-31)21-10-12-22(13-11-21)34-15-14-19-4-2-3-5-19/h6-13,19H,2-5,14-16H2,1H3,(H,32,33). The summed E-state index contributed by atoms with van der Waals surface area (Å²) in [6.45, 7) is 2.38. The maximum atomic E-state index is 14.6. The smallest absolute Gasteiger partial charge is 0.416 e. The monoisotopic (exact) mass is 468 g/mol. The van der Waals surface area contributed by atoms with E-state index < -0.39 is 24.0 Å². The zero-order valence-corrected chi connectivity index (χ0v) is 19.0. The van der Waals surface area contributed by atoms with Gasteiger partial charge in [0.05, 0.1) is 6.61 Å². The maximum absolute atomic E-state index is 14.6. The molecule has 0 saturated heterocycles. The summed E-state index contributed by atoms with van der Waals surface area (Å²) in [4.78, 5) is 12.7. The molecule has 0 spiro atoms. The van der Waals surface area contributed by atoms with Gasteiger partial charge in [0.1, 0.15) is 17.4 Å². The van der Waals surface area contributed by atoms with Crippen LogP contribution in [0.3, 0.4) is 0 Å². The molecular weight excluding hydrogens is 441 g/mol. The third-order valence-electron chi connectivity index (χ3n) is 6.91. The molecule has 0 aromatic heterocycles. The number of nitrogens with zero attached hydrogens (tertiary/aromatic N) is 1. The van der Waals surface area contributed by atoms with Gasteiger partial charge in [-0.3, -0.25) is 4.79 Å². The first-order chi connectivity index (χ1) is 16.2. The van der Waals surface area contributed by atoms with Crippen LogP contribution in [0.15, 0.2) is 54.1 Å². The van der Waals surface area contributed by atoms with Crippen LogP contribution in [0, 0.1) is 24.2 Å². The van der Waals surface area contributed by atoms with E-state index in [-0.39, 0.29) is 16.7 Å². The van der Waals surface area contributed by atoms with Gasteiger partial charge in [0.15, 0.2) is 5.54 Å². The van der Waals surface area contributed by atoms with Crippen LogP contribution in [0.25, 0.3) is 5.57 Å². The SMILES string of the molecule is Cc1ccc(C2=C(C#N)C(=O)NC(c3ccc(OCCC4CCCC4)cc3)(C(F)(F)F)C2)cc1. The van der Waals surface area contributed by atoms with Crippen LogP contribution in [-0.2, 0) is 10.3 Å². The number of benzene rings is 2. The van der Waals surface area contributed by atoms with Gasteiger partial charge in [-0.2, -0.15) is 18.4 Å². The van der Waals surface area contributed by atoms with Crippen molar-refractivity contribution in [1.82, 2.24) is 5.32 Å². The van der Waals surface area contributed by atoms with Crippen molar-refractivity contribution in [3.8, 4) is 11.8 Å². The van der Waals surface area contributed by atoms with Crippen molar-refractivity contribution in [3.63, 3.8) is 0 Å². The Morgan fingerprint density at radius 3 is 2.32 bits per heavy atom. The first-order valence-corrected chi connectivity index (χ1v) is 11.6. The van der Waals surface area contributed by atoms with Crippen LogP contribution in [0.1, 0.15) is 55.2 Å². The molecule has 2 aromatic rings. The van der Waals surface area contributed by atoms with E-state index >= 15 is 0 Å². The summed E-state index contributed by atoms with van der Waals surface area (Å²) in [6.07, 6.45) is 0.482. The fourth-order valence-electron chi connectivity index (χ4n) is 4.90. The number of hydrogen-bond acceptors (Lipinski definition) is 3. The lowest BCUT2D eigenvalue weighted by molar-refractivity contribution is -0.201. The lowest BCUT2D eigenvalue weighted by Gasteiger charge is -2.40. The molecule has 1 aliphatic heterocycles. The number of alkyl halides is 3. The zero-order valence-electron chi connectivity index (χ0n) is 19.0. The molecule has 1 unspecified atom stereocenters. The van der Waals surface area contributed by atoms with Gasteiger partial charge >= 0.3 is 6.18 Å². The third kappa shape index (κ3) is 4.68. The van der Waals surface area contributed by atoms with Crippen molar-refractivity contribution in [1.29, 1.82) is 5.26 Å². The number of amides is 1. The molecule has 34 heavy (non-hydrogen) atoms. The number of rotatable bonds is 6. The molecule has 1 amide bonds. The molecule has 7 heteroatoms. The molecule has 1 N–H and O–H groups in total. The van der Waals surface area contributed by atoms with Crippen molar-refractivity contribution in [2.24, 2.45) is 5.92 Å². The molecule has 1 fully saturated rings. The summed E-state index contributed by atoms with van der Waals surface area (Å²) in [5, 5.41) is 11.6. The molecular formula is C27H27F3N2O2. The van der Waals surface area contributed by atoms with E-state index in [1.165, 1.54) is 49.9 Å². The van der Waals surface area contributed by atoms with Gasteiger partial charge < -0.3 is 10.1 Å². The number of nitrogens with one attached hydrogen (secondary N) is 1. The molecule has 2 aromatic carbocycles. The van der Waals surface area contributed by atoms with Crippen molar-refractivity contribution >= 4 is 11.5 Å². The van der Waals surface area contributed by atoms with E-state index in [1.54, 1.807) is 30.3 Å². The maximum Gasteiger partial charge on any atom is 0.416 e. The van der Waals surface area contributed by atoms with E-state index in [0.29, 0.717) is 23.8 Å². The predicted octanol–water partition coefficient (Wildman–Crippen LogP) is 6.21. The van der Waals surface area contributed by atoms with Gasteiger partial charge in [0, 0.05) is 6.42 Å². The van der Waals surface area contributed by atoms with Crippen LogP contribution in [0.5, 0.6) is 5.75 Å². The lowest BCUT2D eigenvalue weighted by atomic mass is 9.76. The van der Waals surface area contributed by atoms with Crippen LogP contribution < -0.4 is 10.1 Å². The summed E-state index contributed by atoms with van der Waals surface area (Å²) >= 11 is 0. The van der Waals surface area contributed by atoms with Gasteiger partial charge in [-0.25, -0.2) is 0 Å². The first kappa shape index (κ1) is 23.9. The molecule has 0 radical (unpaired) electrons. The Kier molecular flexibility index (Phi) is 6.70. The van der Waals surface area contributed by atoms with E-state index in [2.05, 4.69) is 5.32 Å². The first-order valence-electron chi connectivity index (χ1n) is 11.6. The molecule has 2 aliphatic rings. The Morgan fingerprint density at radius 1 is 1.09 bits per heavy atom. The number of aryl methyl sites for hydroxylation is 1. The topological polar surface area (TPSA) is 62.1 Å². The minimum Gasteiger partial charge on any atom is -0.494 e. The zero-order chi connectivity index (χ0) is 24.3. The number of hydrogen-bond donors (Lipinski definition) is 1. The molecule has 1 atom stereocenters. The summed E-state index contributed by atoms with van der Waals surface area (Å²) in [5.74, 6) is 0.123. The fourth-order valence-corrected chi connectivity index (χ4v) is 4.90. The highest BCUT2D eigenvalue weighted by Gasteiger charge is 2.59. The van der Waals surface area contributed by atoms with Crippen molar-refractivity contribution in [2.75, 3.05) is 6.61 Å². The molecule has 4 rings (SSSR count). The molecule has 4 nitrogen and oxygen atoms in total. The Labute approximate surface area is 197 Å². The number of carbonyl (C=O) groups is 1. The Balaban J connectivity index is 1.63. The fraction of sp³-hybridized carbons (Fsp3) is 0.407. The van der Waals surface area contributed by atoms with Gasteiger partial charge in [0.2, 0.25) is 0 Å². The second kappa shape index (κ2) is 9.54. The molecule has 0 bridgehead atoms. The van der Waals surface area contributed by atoms with E-state index in [4.69, 9.17) is 4.74 Å². The highest BCUT2D eigenvalue weighted by molar-refractivity contribution is 6.07. The average Bonchev–Trinajstić information content (AvgIpc) is 3.32. The Hall–Kier alpha value is -3.27. The third-order valence-corrected chi connectivity index (χ3v) is 6.91. The summed E-state index contributed by atoms with van der Waals surface area (Å²) < 4.78 is 49.5. The molecule has 1 saturated carbocycles. The second-order valence-corrected chi connectivity index (χ2v) is 9.18. The van der Waals surface area contributed by atoms with Gasteiger partial charge in [-0.15, -0.1) is 0 Å². The van der Waals surface area contributed by atoms with E-state index in [1.807, 2.05) is 6.92 Å². The number of carbonyl (C=O) groups excluding carboxylic acids is 1. The Morgan fingerprint density at radius 2 is 1.74 bits per heavy atom. The molecule has 1 aliphatic carbocycles. The quantitative estimate of drug-likeness (QED) is 0.548. The number of nitriles is 1. The van der Waals surface area contributed by atoms with Crippen LogP contribution >= 0.6 is 0 Å².